The largest absolute Gasteiger partial charge is 0.310 e. The molecule has 0 saturated carbocycles. The second-order valence-corrected chi connectivity index (χ2v) is 15.2. The Kier molecular flexibility index (Phi) is 12.3. The van der Waals surface area contributed by atoms with Gasteiger partial charge >= 0.3 is 0 Å². The predicted octanol–water partition coefficient (Wildman–Crippen LogP) is 14.1. The first-order valence-electron chi connectivity index (χ1n) is 20.9. The molecule has 0 radical (unpaired) electrons. The molecule has 0 fully saturated rings. The van der Waals surface area contributed by atoms with E-state index >= 15 is 0 Å². The molecule has 5 aromatic carbocycles. The summed E-state index contributed by atoms with van der Waals surface area (Å²) in [4.78, 5) is 2.30. The van der Waals surface area contributed by atoms with Crippen molar-refractivity contribution < 1.29 is 0 Å². The van der Waals surface area contributed by atoms with Gasteiger partial charge in [-0.15, -0.1) is 0 Å². The van der Waals surface area contributed by atoms with Crippen LogP contribution in [-0.2, 0) is 0 Å². The molecule has 0 saturated heterocycles. The molecule has 8 rings (SSSR count). The van der Waals surface area contributed by atoms with Gasteiger partial charge in [0, 0.05) is 22.7 Å². The van der Waals surface area contributed by atoms with E-state index in [2.05, 4.69) is 238 Å². The molecule has 3 aliphatic carbocycles. The van der Waals surface area contributed by atoms with Crippen molar-refractivity contribution >= 4 is 44.5 Å². The highest BCUT2D eigenvalue weighted by molar-refractivity contribution is 5.96. The van der Waals surface area contributed by atoms with Crippen LogP contribution in [0.3, 0.4) is 0 Å². The molecule has 0 N–H and O–H groups in total. The standard InChI is InChI=1S/C59H51N/c1-5-19-45(20-6-2)51-36-35-50(41-52(42-51)46-21-9-8-10-22-46)44(7-3)34-33-43(4)60(59-32-18-26-47-23-12-14-30-56(47)59)53-27-17-25-49(37-39-53)55-29-15-16-31-57-54-28-13-11-24-48(54)38-40-58(55)57/h5-28,30-41,49H,1,4,29,42H2,2-3H3/b20-6-,34-33-,44-7+,45-19+. The van der Waals surface area contributed by atoms with Gasteiger partial charge in [0.15, 0.2) is 0 Å². The highest BCUT2D eigenvalue weighted by atomic mass is 15.1. The maximum Gasteiger partial charge on any atom is 0.0539 e. The summed E-state index contributed by atoms with van der Waals surface area (Å²) in [5, 5.41) is 7.51. The third kappa shape index (κ3) is 8.48. The molecule has 292 valence electrons. The number of fused-ring (bicyclic) bond motifs is 4. The number of hydrogen-bond donors (Lipinski definition) is 0. The Labute approximate surface area is 355 Å². The van der Waals surface area contributed by atoms with Crippen LogP contribution in [-0.4, -0.2) is 0 Å². The third-order valence-corrected chi connectivity index (χ3v) is 11.5. The fourth-order valence-electron chi connectivity index (χ4n) is 8.53. The molecule has 1 nitrogen and oxygen atoms in total. The van der Waals surface area contributed by atoms with Gasteiger partial charge in [0.25, 0.3) is 0 Å². The van der Waals surface area contributed by atoms with Gasteiger partial charge < -0.3 is 4.90 Å². The van der Waals surface area contributed by atoms with Gasteiger partial charge in [-0.2, -0.15) is 0 Å². The lowest BCUT2D eigenvalue weighted by molar-refractivity contribution is 1.03. The summed E-state index contributed by atoms with van der Waals surface area (Å²) in [7, 11) is 0. The topological polar surface area (TPSA) is 3.24 Å². The van der Waals surface area contributed by atoms with Crippen molar-refractivity contribution in [1.29, 1.82) is 0 Å². The van der Waals surface area contributed by atoms with E-state index in [9.17, 15) is 0 Å². The van der Waals surface area contributed by atoms with Crippen LogP contribution in [0.5, 0.6) is 0 Å². The SMILES string of the molecule is C=C/C=C(\C=C/C)C1=CC=C(C(/C=C\C(=C)N(C2=CC=CC(C3=c4ccc5ccccc5c4=CC=CC3)C=C2)c2cccc3ccccc23)=C/C)C=C(c2ccccc2)C1. The van der Waals surface area contributed by atoms with E-state index in [-0.39, 0.29) is 5.92 Å². The van der Waals surface area contributed by atoms with Gasteiger partial charge in [0.1, 0.15) is 0 Å². The van der Waals surface area contributed by atoms with Crippen molar-refractivity contribution in [1.82, 2.24) is 0 Å². The van der Waals surface area contributed by atoms with Crippen LogP contribution in [0.2, 0.25) is 0 Å². The van der Waals surface area contributed by atoms with E-state index in [1.165, 1.54) is 54.3 Å². The average molecular weight is 774 g/mol. The first kappa shape index (κ1) is 39.6. The van der Waals surface area contributed by atoms with Crippen molar-refractivity contribution in [2.45, 2.75) is 26.7 Å². The number of anilines is 1. The zero-order chi connectivity index (χ0) is 41.3. The van der Waals surface area contributed by atoms with Crippen LogP contribution < -0.4 is 15.3 Å². The molecule has 1 unspecified atom stereocenters. The zero-order valence-electron chi connectivity index (χ0n) is 34.6. The van der Waals surface area contributed by atoms with Crippen LogP contribution >= 0.6 is 0 Å². The molecule has 0 aromatic heterocycles. The van der Waals surface area contributed by atoms with E-state index in [1.807, 2.05) is 6.08 Å². The van der Waals surface area contributed by atoms with E-state index in [0.29, 0.717) is 0 Å². The summed E-state index contributed by atoms with van der Waals surface area (Å²) in [6.07, 6.45) is 41.5. The maximum atomic E-state index is 4.76. The van der Waals surface area contributed by atoms with Gasteiger partial charge in [-0.1, -0.05) is 207 Å². The molecule has 1 atom stereocenters. The Morgan fingerprint density at radius 2 is 1.47 bits per heavy atom. The number of allylic oxidation sites excluding steroid dienone is 22. The van der Waals surface area contributed by atoms with Gasteiger partial charge in [0.2, 0.25) is 0 Å². The first-order valence-corrected chi connectivity index (χ1v) is 20.9. The molecule has 0 bridgehead atoms. The molecule has 5 aromatic rings. The minimum absolute atomic E-state index is 0.128. The van der Waals surface area contributed by atoms with Crippen LogP contribution in [0.1, 0.15) is 32.3 Å². The van der Waals surface area contributed by atoms with Crippen molar-refractivity contribution in [2.24, 2.45) is 5.92 Å². The van der Waals surface area contributed by atoms with E-state index < -0.39 is 0 Å². The first-order chi connectivity index (χ1) is 29.6. The highest BCUT2D eigenvalue weighted by Gasteiger charge is 2.19. The summed E-state index contributed by atoms with van der Waals surface area (Å²) < 4.78 is 0. The zero-order valence-corrected chi connectivity index (χ0v) is 34.6. The molecule has 3 aliphatic rings. The fourth-order valence-corrected chi connectivity index (χ4v) is 8.53. The molecule has 0 amide bonds. The second-order valence-electron chi connectivity index (χ2n) is 15.2. The molecular formula is C59H51N. The second kappa shape index (κ2) is 18.6. The Bertz CT molecular complexity index is 2950. The smallest absolute Gasteiger partial charge is 0.0539 e. The van der Waals surface area contributed by atoms with Gasteiger partial charge in [-0.05, 0) is 117 Å². The molecular weight excluding hydrogens is 723 g/mol. The lowest BCUT2D eigenvalue weighted by Crippen LogP contribution is -2.28. The Balaban J connectivity index is 1.18. The van der Waals surface area contributed by atoms with Crippen LogP contribution in [0, 0.1) is 5.92 Å². The molecule has 1 heteroatoms. The maximum absolute atomic E-state index is 4.76. The van der Waals surface area contributed by atoms with Gasteiger partial charge in [0.05, 0.1) is 5.69 Å². The van der Waals surface area contributed by atoms with Gasteiger partial charge in [-0.25, -0.2) is 0 Å². The minimum Gasteiger partial charge on any atom is -0.310 e. The third-order valence-electron chi connectivity index (χ3n) is 11.5. The van der Waals surface area contributed by atoms with Crippen molar-refractivity contribution in [3.05, 3.63) is 275 Å². The minimum atomic E-state index is 0.128. The molecule has 0 heterocycles. The predicted molar refractivity (Wildman–Crippen MR) is 261 cm³/mol. The fraction of sp³-hybridized carbons (Fsp3) is 0.0847. The number of nitrogens with zero attached hydrogens (tertiary/aromatic N) is 1. The monoisotopic (exact) mass is 773 g/mol. The summed E-state index contributed by atoms with van der Waals surface area (Å²) in [5.74, 6) is 0.128. The van der Waals surface area contributed by atoms with E-state index in [0.717, 1.165) is 46.6 Å². The number of hydrogen-bond acceptors (Lipinski definition) is 1. The Morgan fingerprint density at radius 1 is 0.700 bits per heavy atom. The summed E-state index contributed by atoms with van der Waals surface area (Å²) >= 11 is 0. The van der Waals surface area contributed by atoms with Crippen molar-refractivity contribution in [2.75, 3.05) is 4.90 Å². The number of rotatable bonds is 11. The van der Waals surface area contributed by atoms with Crippen LogP contribution in [0.4, 0.5) is 5.69 Å². The Hall–Kier alpha value is -7.22. The highest BCUT2D eigenvalue weighted by Crippen LogP contribution is 2.36. The van der Waals surface area contributed by atoms with Crippen molar-refractivity contribution in [3.8, 4) is 0 Å². The quantitative estimate of drug-likeness (QED) is 0.121. The van der Waals surface area contributed by atoms with Crippen LogP contribution in [0.15, 0.2) is 259 Å². The number of benzene rings is 5. The molecule has 60 heavy (non-hydrogen) atoms. The van der Waals surface area contributed by atoms with E-state index in [4.69, 9.17) is 6.58 Å². The van der Waals surface area contributed by atoms with Crippen LogP contribution in [0.25, 0.3) is 38.8 Å². The molecule has 0 spiro atoms. The summed E-state index contributed by atoms with van der Waals surface area (Å²) in [5.41, 5.74) is 11.5. The van der Waals surface area contributed by atoms with E-state index in [1.54, 1.807) is 0 Å². The molecule has 0 aliphatic heterocycles. The lowest BCUT2D eigenvalue weighted by atomic mass is 9.92. The average Bonchev–Trinajstić information content (AvgIpc) is 3.77. The summed E-state index contributed by atoms with van der Waals surface area (Å²) in [6, 6.07) is 39.1. The lowest BCUT2D eigenvalue weighted by Gasteiger charge is -2.28. The van der Waals surface area contributed by atoms with Gasteiger partial charge in [-0.3, -0.25) is 0 Å². The summed E-state index contributed by atoms with van der Waals surface area (Å²) in [6.45, 7) is 12.9. The normalized spacial score (nSPS) is 17.0. The van der Waals surface area contributed by atoms with Crippen molar-refractivity contribution in [3.63, 3.8) is 0 Å². The Morgan fingerprint density at radius 3 is 2.27 bits per heavy atom.